The highest BCUT2D eigenvalue weighted by Crippen LogP contribution is 1.80. The molecule has 5 nitrogen and oxygen atoms in total. The van der Waals surface area contributed by atoms with Crippen LogP contribution in [0, 0.1) is 0 Å². The molecule has 0 aliphatic carbocycles. The van der Waals surface area contributed by atoms with Crippen molar-refractivity contribution in [1.29, 1.82) is 0 Å². The van der Waals surface area contributed by atoms with Crippen molar-refractivity contribution >= 4 is 0 Å². The van der Waals surface area contributed by atoms with Gasteiger partial charge in [-0.1, -0.05) is 6.07 Å². The number of aromatic nitrogens is 3. The highest BCUT2D eigenvalue weighted by atomic mass is 16.2. The van der Waals surface area contributed by atoms with Gasteiger partial charge < -0.3 is 0 Å². The van der Waals surface area contributed by atoms with Crippen molar-refractivity contribution in [2.24, 2.45) is 0 Å². The summed E-state index contributed by atoms with van der Waals surface area (Å²) in [4.78, 5) is 23.5. The Balaban J connectivity index is 2.73. The Morgan fingerprint density at radius 3 is 2.54 bits per heavy atom. The quantitative estimate of drug-likeness (QED) is 0.647. The van der Waals surface area contributed by atoms with Crippen LogP contribution in [0.15, 0.2) is 46.2 Å². The van der Waals surface area contributed by atoms with Gasteiger partial charge in [0.25, 0.3) is 11.1 Å². The molecule has 0 amide bonds. The van der Waals surface area contributed by atoms with Crippen LogP contribution in [-0.2, 0) is 0 Å². The smallest absolute Gasteiger partial charge is 0.283 e. The van der Waals surface area contributed by atoms with E-state index in [0.29, 0.717) is 0 Å². The highest BCUT2D eigenvalue weighted by Gasteiger charge is 1.98. The standard InChI is InChI=1S/C8H7N3O2/c12-7-3-1-2-6-10(7)11-8(13)4-5-9-11/h1-6,9H. The van der Waals surface area contributed by atoms with Crippen LogP contribution in [-0.4, -0.2) is 14.6 Å². The fourth-order valence-corrected chi connectivity index (χ4v) is 1.07. The van der Waals surface area contributed by atoms with Gasteiger partial charge >= 0.3 is 0 Å². The maximum Gasteiger partial charge on any atom is 0.286 e. The van der Waals surface area contributed by atoms with Gasteiger partial charge in [-0.05, 0) is 6.07 Å². The lowest BCUT2D eigenvalue weighted by Gasteiger charge is -2.02. The van der Waals surface area contributed by atoms with Gasteiger partial charge in [-0.3, -0.25) is 14.7 Å². The largest absolute Gasteiger partial charge is 0.286 e. The third-order valence-corrected chi connectivity index (χ3v) is 1.65. The summed E-state index contributed by atoms with van der Waals surface area (Å²) in [5, 5.41) is 2.63. The molecule has 66 valence electrons. The lowest BCUT2D eigenvalue weighted by molar-refractivity contribution is 0.535. The van der Waals surface area contributed by atoms with E-state index in [-0.39, 0.29) is 11.1 Å². The number of nitrogens with zero attached hydrogens (tertiary/aromatic N) is 2. The van der Waals surface area contributed by atoms with Gasteiger partial charge in [-0.25, -0.2) is 4.68 Å². The molecule has 13 heavy (non-hydrogen) atoms. The molecule has 2 aromatic heterocycles. The number of hydrogen-bond donors (Lipinski definition) is 1. The summed E-state index contributed by atoms with van der Waals surface area (Å²) in [5.74, 6) is 0. The molecule has 2 aromatic rings. The number of rotatable bonds is 1. The Morgan fingerprint density at radius 2 is 1.92 bits per heavy atom. The van der Waals surface area contributed by atoms with Gasteiger partial charge in [-0.15, -0.1) is 4.79 Å². The fraction of sp³-hybridized carbons (Fsp3) is 0. The van der Waals surface area contributed by atoms with Gasteiger partial charge in [-0.2, -0.15) is 0 Å². The van der Waals surface area contributed by atoms with E-state index in [9.17, 15) is 9.59 Å². The number of nitrogens with one attached hydrogen (secondary N) is 1. The lowest BCUT2D eigenvalue weighted by Crippen LogP contribution is -2.32. The second-order valence-corrected chi connectivity index (χ2v) is 2.50. The van der Waals surface area contributed by atoms with Crippen LogP contribution in [0.25, 0.3) is 0 Å². The van der Waals surface area contributed by atoms with E-state index in [1.54, 1.807) is 12.1 Å². The van der Waals surface area contributed by atoms with E-state index in [1.807, 2.05) is 0 Å². The molecule has 0 saturated carbocycles. The predicted molar refractivity (Wildman–Crippen MR) is 46.6 cm³/mol. The second-order valence-electron chi connectivity index (χ2n) is 2.50. The molecule has 2 heterocycles. The summed E-state index contributed by atoms with van der Waals surface area (Å²) in [6.07, 6.45) is 2.99. The van der Waals surface area contributed by atoms with Crippen molar-refractivity contribution < 1.29 is 0 Å². The molecular weight excluding hydrogens is 170 g/mol. The van der Waals surface area contributed by atoms with Crippen molar-refractivity contribution in [3.63, 3.8) is 0 Å². The zero-order valence-electron chi connectivity index (χ0n) is 6.68. The summed E-state index contributed by atoms with van der Waals surface area (Å²) >= 11 is 0. The molecule has 0 unspecified atom stereocenters. The molecule has 0 radical (unpaired) electrons. The highest BCUT2D eigenvalue weighted by molar-refractivity contribution is 4.94. The zero-order chi connectivity index (χ0) is 9.26. The van der Waals surface area contributed by atoms with E-state index in [0.717, 1.165) is 4.79 Å². The Labute approximate surface area is 72.8 Å². The first-order valence-electron chi connectivity index (χ1n) is 3.74. The van der Waals surface area contributed by atoms with Crippen LogP contribution >= 0.6 is 0 Å². The summed E-state index contributed by atoms with van der Waals surface area (Å²) in [5.41, 5.74) is -0.527. The number of pyridine rings is 1. The van der Waals surface area contributed by atoms with Gasteiger partial charge in [0.1, 0.15) is 0 Å². The van der Waals surface area contributed by atoms with Crippen molar-refractivity contribution in [3.05, 3.63) is 57.4 Å². The summed E-state index contributed by atoms with van der Waals surface area (Å²) in [6.45, 7) is 0. The van der Waals surface area contributed by atoms with Crippen LogP contribution in [0.2, 0.25) is 0 Å². The molecule has 1 N–H and O–H groups in total. The molecule has 0 spiro atoms. The Kier molecular flexibility index (Phi) is 1.63. The molecule has 0 aliphatic rings. The van der Waals surface area contributed by atoms with E-state index in [4.69, 9.17) is 0 Å². The van der Waals surface area contributed by atoms with E-state index < -0.39 is 0 Å². The Hall–Kier alpha value is -2.04. The third-order valence-electron chi connectivity index (χ3n) is 1.65. The minimum absolute atomic E-state index is 0.257. The Morgan fingerprint density at radius 1 is 1.08 bits per heavy atom. The molecular formula is C8H7N3O2. The van der Waals surface area contributed by atoms with Gasteiger partial charge in [0.2, 0.25) is 0 Å². The van der Waals surface area contributed by atoms with Crippen LogP contribution in [0.5, 0.6) is 0 Å². The second kappa shape index (κ2) is 2.78. The maximum atomic E-state index is 11.3. The first-order chi connectivity index (χ1) is 6.29. The Bertz CT molecular complexity index is 520. The van der Waals surface area contributed by atoms with E-state index in [2.05, 4.69) is 5.10 Å². The average molecular weight is 177 g/mol. The topological polar surface area (TPSA) is 59.8 Å². The van der Waals surface area contributed by atoms with Crippen molar-refractivity contribution in [3.8, 4) is 0 Å². The molecule has 0 saturated heterocycles. The molecule has 0 atom stereocenters. The van der Waals surface area contributed by atoms with Crippen LogP contribution < -0.4 is 11.1 Å². The van der Waals surface area contributed by atoms with E-state index >= 15 is 0 Å². The van der Waals surface area contributed by atoms with Crippen molar-refractivity contribution in [2.45, 2.75) is 0 Å². The monoisotopic (exact) mass is 177 g/mol. The predicted octanol–water partition coefficient (Wildman–Crippen LogP) is -0.351. The fourth-order valence-electron chi connectivity index (χ4n) is 1.07. The third kappa shape index (κ3) is 1.20. The van der Waals surface area contributed by atoms with Crippen LogP contribution in [0.3, 0.4) is 0 Å². The maximum absolute atomic E-state index is 11.3. The number of aromatic amines is 1. The molecule has 2 rings (SSSR count). The number of H-pyrrole nitrogens is 1. The van der Waals surface area contributed by atoms with Gasteiger partial charge in [0.05, 0.1) is 0 Å². The molecule has 0 aliphatic heterocycles. The minimum atomic E-state index is -0.270. The first kappa shape index (κ1) is 7.60. The lowest BCUT2D eigenvalue weighted by atomic mass is 10.5. The van der Waals surface area contributed by atoms with Crippen molar-refractivity contribution in [1.82, 2.24) is 14.6 Å². The molecule has 0 fully saturated rings. The summed E-state index contributed by atoms with van der Waals surface area (Å²) in [7, 11) is 0. The van der Waals surface area contributed by atoms with Gasteiger partial charge in [0, 0.05) is 24.5 Å². The molecule has 0 bridgehead atoms. The molecule has 5 heteroatoms. The summed E-state index contributed by atoms with van der Waals surface area (Å²) < 4.78 is 1.20. The normalized spacial score (nSPS) is 10.2. The zero-order valence-corrected chi connectivity index (χ0v) is 6.68. The average Bonchev–Trinajstić information content (AvgIpc) is 2.52. The minimum Gasteiger partial charge on any atom is -0.283 e. The molecule has 0 aromatic carbocycles. The van der Waals surface area contributed by atoms with Crippen molar-refractivity contribution in [2.75, 3.05) is 0 Å². The summed E-state index contributed by atoms with van der Waals surface area (Å²) in [6, 6.07) is 6.02. The van der Waals surface area contributed by atoms with Crippen LogP contribution in [0.1, 0.15) is 0 Å². The van der Waals surface area contributed by atoms with Gasteiger partial charge in [0.15, 0.2) is 0 Å². The van der Waals surface area contributed by atoms with E-state index in [1.165, 1.54) is 29.2 Å². The number of hydrogen-bond acceptors (Lipinski definition) is 2. The SMILES string of the molecule is O=c1ccccn1-n1[nH]ccc1=O. The first-order valence-corrected chi connectivity index (χ1v) is 3.74. The van der Waals surface area contributed by atoms with Crippen LogP contribution in [0.4, 0.5) is 0 Å².